The fourth-order valence-electron chi connectivity index (χ4n) is 4.13. The lowest BCUT2D eigenvalue weighted by Crippen LogP contribution is -2.56. The van der Waals surface area contributed by atoms with Gasteiger partial charge in [0.2, 0.25) is 15.9 Å². The summed E-state index contributed by atoms with van der Waals surface area (Å²) < 4.78 is 66.6. The van der Waals surface area contributed by atoms with E-state index in [1.165, 1.54) is 18.6 Å². The van der Waals surface area contributed by atoms with Gasteiger partial charge in [0, 0.05) is 32.2 Å². The molecule has 1 aromatic rings. The number of carbonyl (C=O) groups is 1. The maximum absolute atomic E-state index is 13.3. The normalized spacial score (nSPS) is 21.3. The van der Waals surface area contributed by atoms with Gasteiger partial charge in [-0.05, 0) is 31.9 Å². The van der Waals surface area contributed by atoms with Gasteiger partial charge in [-0.3, -0.25) is 9.69 Å². The third-order valence-corrected chi connectivity index (χ3v) is 7.92. The number of alkyl halides is 3. The molecule has 0 bridgehead atoms. The number of amides is 1. The molecule has 1 N–H and O–H groups in total. The molecule has 1 atom stereocenters. The first-order chi connectivity index (χ1) is 14.1. The Kier molecular flexibility index (Phi) is 7.09. The van der Waals surface area contributed by atoms with E-state index in [1.807, 2.05) is 4.90 Å². The van der Waals surface area contributed by atoms with Crippen molar-refractivity contribution in [2.45, 2.75) is 62.2 Å². The van der Waals surface area contributed by atoms with E-state index in [-0.39, 0.29) is 38.1 Å². The molecule has 2 fully saturated rings. The Labute approximate surface area is 175 Å². The number of carbonyl (C=O) groups excluding carboxylic acids is 1. The third kappa shape index (κ3) is 5.15. The summed E-state index contributed by atoms with van der Waals surface area (Å²) in [5.41, 5.74) is -1.16. The molecule has 1 saturated heterocycles. The average molecular weight is 448 g/mol. The SMILES string of the molecule is CC(C(=O)NC1CCCCC1)N1CCN(S(=O)(=O)c2ccccc2C(F)(F)F)CC1. The minimum Gasteiger partial charge on any atom is -0.352 e. The van der Waals surface area contributed by atoms with Crippen LogP contribution in [0.15, 0.2) is 29.2 Å². The fraction of sp³-hybridized carbons (Fsp3) is 0.650. The Bertz CT molecular complexity index is 846. The van der Waals surface area contributed by atoms with Crippen LogP contribution in [0, 0.1) is 0 Å². The number of sulfonamides is 1. The molecule has 168 valence electrons. The highest BCUT2D eigenvalue weighted by atomic mass is 32.2. The molecular weight excluding hydrogens is 419 g/mol. The van der Waals surface area contributed by atoms with Gasteiger partial charge in [0.05, 0.1) is 16.5 Å². The number of nitrogens with one attached hydrogen (secondary N) is 1. The van der Waals surface area contributed by atoms with Crippen LogP contribution < -0.4 is 5.32 Å². The first-order valence-corrected chi connectivity index (χ1v) is 11.8. The highest BCUT2D eigenvalue weighted by Crippen LogP contribution is 2.35. The van der Waals surface area contributed by atoms with Crippen molar-refractivity contribution >= 4 is 15.9 Å². The molecule has 1 aliphatic heterocycles. The van der Waals surface area contributed by atoms with Crippen molar-refractivity contribution < 1.29 is 26.4 Å². The van der Waals surface area contributed by atoms with Crippen molar-refractivity contribution in [1.29, 1.82) is 0 Å². The molecular formula is C20H28F3N3O3S. The molecule has 1 heterocycles. The summed E-state index contributed by atoms with van der Waals surface area (Å²) in [6.45, 7) is 2.42. The summed E-state index contributed by atoms with van der Waals surface area (Å²) in [6, 6.07) is 4.00. The van der Waals surface area contributed by atoms with Gasteiger partial charge in [-0.2, -0.15) is 17.5 Å². The van der Waals surface area contributed by atoms with E-state index in [0.29, 0.717) is 0 Å². The second-order valence-electron chi connectivity index (χ2n) is 7.95. The molecule has 30 heavy (non-hydrogen) atoms. The number of benzene rings is 1. The number of rotatable bonds is 5. The first-order valence-electron chi connectivity index (χ1n) is 10.3. The monoisotopic (exact) mass is 447 g/mol. The Morgan fingerprint density at radius 3 is 2.27 bits per heavy atom. The summed E-state index contributed by atoms with van der Waals surface area (Å²) in [7, 11) is -4.28. The summed E-state index contributed by atoms with van der Waals surface area (Å²) in [5.74, 6) is -0.0828. The Balaban J connectivity index is 1.63. The maximum atomic E-state index is 13.3. The maximum Gasteiger partial charge on any atom is 0.417 e. The molecule has 1 amide bonds. The number of nitrogens with zero attached hydrogens (tertiary/aromatic N) is 2. The Hall–Kier alpha value is -1.65. The summed E-state index contributed by atoms with van der Waals surface area (Å²) in [6.07, 6.45) is 0.601. The van der Waals surface area contributed by atoms with E-state index in [2.05, 4.69) is 5.32 Å². The fourth-order valence-corrected chi connectivity index (χ4v) is 5.77. The zero-order chi connectivity index (χ0) is 21.9. The predicted molar refractivity (Wildman–Crippen MR) is 106 cm³/mol. The second-order valence-corrected chi connectivity index (χ2v) is 9.86. The molecule has 10 heteroatoms. The van der Waals surface area contributed by atoms with Crippen molar-refractivity contribution in [1.82, 2.24) is 14.5 Å². The lowest BCUT2D eigenvalue weighted by Gasteiger charge is -2.37. The number of piperazine rings is 1. The van der Waals surface area contributed by atoms with Crippen molar-refractivity contribution in [2.24, 2.45) is 0 Å². The van der Waals surface area contributed by atoms with Gasteiger partial charge in [-0.25, -0.2) is 8.42 Å². The zero-order valence-electron chi connectivity index (χ0n) is 17.0. The molecule has 0 aromatic heterocycles. The molecule has 1 aliphatic carbocycles. The molecule has 0 radical (unpaired) electrons. The van der Waals surface area contributed by atoms with Crippen molar-refractivity contribution in [3.05, 3.63) is 29.8 Å². The molecule has 6 nitrogen and oxygen atoms in total. The lowest BCUT2D eigenvalue weighted by molar-refractivity contribution is -0.140. The minimum atomic E-state index is -4.75. The Morgan fingerprint density at radius 2 is 1.67 bits per heavy atom. The van der Waals surface area contributed by atoms with E-state index < -0.39 is 32.7 Å². The van der Waals surface area contributed by atoms with Crippen molar-refractivity contribution in [3.63, 3.8) is 0 Å². The first kappa shape index (κ1) is 23.0. The smallest absolute Gasteiger partial charge is 0.352 e. The molecule has 1 unspecified atom stereocenters. The van der Waals surface area contributed by atoms with Gasteiger partial charge >= 0.3 is 6.18 Å². The average Bonchev–Trinajstić information content (AvgIpc) is 2.73. The summed E-state index contributed by atoms with van der Waals surface area (Å²) >= 11 is 0. The molecule has 1 saturated carbocycles. The summed E-state index contributed by atoms with van der Waals surface area (Å²) in [5, 5.41) is 3.07. The topological polar surface area (TPSA) is 69.7 Å². The Morgan fingerprint density at radius 1 is 1.07 bits per heavy atom. The van der Waals surface area contributed by atoms with Crippen LogP contribution in [0.3, 0.4) is 0 Å². The second kappa shape index (κ2) is 9.23. The standard InChI is InChI=1S/C20H28F3N3O3S/c1-15(19(27)24-16-7-3-2-4-8-16)25-11-13-26(14-12-25)30(28,29)18-10-6-5-9-17(18)20(21,22)23/h5-6,9-10,15-16H,2-4,7-8,11-14H2,1H3,(H,24,27). The number of hydrogen-bond acceptors (Lipinski definition) is 4. The third-order valence-electron chi connectivity index (χ3n) is 5.96. The van der Waals surface area contributed by atoms with Crippen LogP contribution in [0.2, 0.25) is 0 Å². The van der Waals surface area contributed by atoms with Crippen molar-refractivity contribution in [3.8, 4) is 0 Å². The lowest BCUT2D eigenvalue weighted by atomic mass is 9.95. The highest BCUT2D eigenvalue weighted by Gasteiger charge is 2.40. The van der Waals surface area contributed by atoms with Gasteiger partial charge in [0.1, 0.15) is 0 Å². The number of halogens is 3. The van der Waals surface area contributed by atoms with E-state index in [0.717, 1.165) is 42.1 Å². The molecule has 1 aromatic carbocycles. The van der Waals surface area contributed by atoms with Gasteiger partial charge in [0.25, 0.3) is 0 Å². The van der Waals surface area contributed by atoms with Crippen LogP contribution in [-0.2, 0) is 21.0 Å². The quantitative estimate of drug-likeness (QED) is 0.754. The van der Waals surface area contributed by atoms with Crippen LogP contribution >= 0.6 is 0 Å². The largest absolute Gasteiger partial charge is 0.417 e. The van der Waals surface area contributed by atoms with Gasteiger partial charge in [-0.1, -0.05) is 31.4 Å². The van der Waals surface area contributed by atoms with E-state index in [9.17, 15) is 26.4 Å². The van der Waals surface area contributed by atoms with Crippen LogP contribution in [0.4, 0.5) is 13.2 Å². The van der Waals surface area contributed by atoms with Gasteiger partial charge in [-0.15, -0.1) is 0 Å². The molecule has 3 rings (SSSR count). The summed E-state index contributed by atoms with van der Waals surface area (Å²) in [4.78, 5) is 13.7. The highest BCUT2D eigenvalue weighted by molar-refractivity contribution is 7.89. The predicted octanol–water partition coefficient (Wildman–Crippen LogP) is 2.85. The minimum absolute atomic E-state index is 0.0373. The molecule has 2 aliphatic rings. The van der Waals surface area contributed by atoms with Crippen LogP contribution in [0.5, 0.6) is 0 Å². The van der Waals surface area contributed by atoms with Gasteiger partial charge in [0.15, 0.2) is 0 Å². The van der Waals surface area contributed by atoms with Crippen LogP contribution in [0.25, 0.3) is 0 Å². The van der Waals surface area contributed by atoms with Crippen LogP contribution in [-0.4, -0.2) is 61.8 Å². The van der Waals surface area contributed by atoms with Crippen molar-refractivity contribution in [2.75, 3.05) is 26.2 Å². The zero-order valence-corrected chi connectivity index (χ0v) is 17.8. The van der Waals surface area contributed by atoms with E-state index >= 15 is 0 Å². The van der Waals surface area contributed by atoms with Crippen LogP contribution in [0.1, 0.15) is 44.6 Å². The van der Waals surface area contributed by atoms with E-state index in [1.54, 1.807) is 6.92 Å². The van der Waals surface area contributed by atoms with E-state index in [4.69, 9.17) is 0 Å². The van der Waals surface area contributed by atoms with Gasteiger partial charge < -0.3 is 5.32 Å². The number of hydrogen-bond donors (Lipinski definition) is 1. The molecule has 0 spiro atoms.